The van der Waals surface area contributed by atoms with Gasteiger partial charge in [-0.25, -0.2) is 18.7 Å². The summed E-state index contributed by atoms with van der Waals surface area (Å²) in [4.78, 5) is 25.5. The predicted molar refractivity (Wildman–Crippen MR) is 141 cm³/mol. The third-order valence-electron chi connectivity index (χ3n) is 7.36. The van der Waals surface area contributed by atoms with E-state index in [-0.39, 0.29) is 46.8 Å². The Morgan fingerprint density at radius 2 is 1.76 bits per heavy atom. The first-order valence-electron chi connectivity index (χ1n) is 12.5. The molecule has 0 aliphatic heterocycles. The van der Waals surface area contributed by atoms with E-state index >= 15 is 0 Å². The summed E-state index contributed by atoms with van der Waals surface area (Å²) in [6, 6.07) is 4.84. The number of benzene rings is 1. The molecule has 0 atom stereocenters. The quantitative estimate of drug-likeness (QED) is 0.337. The standard InChI is InChI=1S/C25H26Cl2F2N8O/c26-17-9-13(11-30)10-18(27)20(17)35-24-34-19-12-32-23(33-15-5-7-25(28,29)8-6-15)36-22(19)37(24)16-3-1-14(2-4-16)21(31)38/h9-10,12,14-16H,1-8H2,(H2,31,38)(H,34,35)(H,32,33,36)/t14-,16+. The minimum absolute atomic E-state index is 0.0508. The SMILES string of the molecule is N#Cc1cc(Cl)c(Nc2nc3cnc(NC4CCC(F)(F)CC4)nc3n2[C@H]2CC[C@@H](C(N)=O)CC2)c(Cl)c1. The van der Waals surface area contributed by atoms with Crippen LogP contribution in [0, 0.1) is 17.2 Å². The van der Waals surface area contributed by atoms with Gasteiger partial charge in [0.15, 0.2) is 5.65 Å². The van der Waals surface area contributed by atoms with E-state index in [1.807, 2.05) is 10.6 Å². The lowest BCUT2D eigenvalue weighted by Gasteiger charge is -2.29. The number of hydrogen-bond acceptors (Lipinski definition) is 7. The molecule has 13 heteroatoms. The Morgan fingerprint density at radius 3 is 2.37 bits per heavy atom. The number of primary amides is 1. The van der Waals surface area contributed by atoms with Crippen molar-refractivity contribution in [3.05, 3.63) is 33.9 Å². The van der Waals surface area contributed by atoms with Gasteiger partial charge in [-0.1, -0.05) is 23.2 Å². The van der Waals surface area contributed by atoms with Crippen LogP contribution >= 0.6 is 23.2 Å². The molecule has 1 aromatic carbocycles. The summed E-state index contributed by atoms with van der Waals surface area (Å²) < 4.78 is 29.1. The third-order valence-corrected chi connectivity index (χ3v) is 7.95. The van der Waals surface area contributed by atoms with Gasteiger partial charge < -0.3 is 16.4 Å². The van der Waals surface area contributed by atoms with E-state index in [1.54, 1.807) is 6.20 Å². The molecule has 2 saturated carbocycles. The molecule has 9 nitrogen and oxygen atoms in total. The molecule has 0 spiro atoms. The van der Waals surface area contributed by atoms with Crippen LogP contribution in [0.25, 0.3) is 11.2 Å². The van der Waals surface area contributed by atoms with Crippen molar-refractivity contribution in [1.29, 1.82) is 5.26 Å². The van der Waals surface area contributed by atoms with Gasteiger partial charge in [-0.2, -0.15) is 10.2 Å². The molecule has 2 aliphatic rings. The highest BCUT2D eigenvalue weighted by Gasteiger charge is 2.35. The number of hydrogen-bond donors (Lipinski definition) is 3. The smallest absolute Gasteiger partial charge is 0.248 e. The van der Waals surface area contributed by atoms with E-state index < -0.39 is 5.92 Å². The first-order valence-corrected chi connectivity index (χ1v) is 13.2. The maximum atomic E-state index is 13.6. The Morgan fingerprint density at radius 1 is 1.11 bits per heavy atom. The van der Waals surface area contributed by atoms with E-state index in [2.05, 4.69) is 15.6 Å². The molecule has 38 heavy (non-hydrogen) atoms. The Labute approximate surface area is 227 Å². The lowest BCUT2D eigenvalue weighted by Crippen LogP contribution is -2.32. The zero-order valence-corrected chi connectivity index (χ0v) is 21.9. The first-order chi connectivity index (χ1) is 18.1. The van der Waals surface area contributed by atoms with Crippen molar-refractivity contribution in [3.63, 3.8) is 0 Å². The number of halogens is 4. The molecular weight excluding hydrogens is 537 g/mol. The second-order valence-electron chi connectivity index (χ2n) is 9.94. The highest BCUT2D eigenvalue weighted by molar-refractivity contribution is 6.39. The van der Waals surface area contributed by atoms with Crippen LogP contribution in [0.15, 0.2) is 18.3 Å². The highest BCUT2D eigenvalue weighted by Crippen LogP contribution is 2.40. The number of rotatable bonds is 6. The molecule has 3 aromatic rings. The van der Waals surface area contributed by atoms with E-state index in [0.717, 1.165) is 0 Å². The molecule has 2 fully saturated rings. The summed E-state index contributed by atoms with van der Waals surface area (Å²) in [5, 5.41) is 16.1. The highest BCUT2D eigenvalue weighted by atomic mass is 35.5. The third kappa shape index (κ3) is 5.47. The fourth-order valence-electron chi connectivity index (χ4n) is 5.25. The van der Waals surface area contributed by atoms with Crippen LogP contribution in [0.5, 0.6) is 0 Å². The Hall–Kier alpha value is -3.23. The number of fused-ring (bicyclic) bond motifs is 1. The lowest BCUT2D eigenvalue weighted by molar-refractivity contribution is -0.122. The number of carbonyl (C=O) groups excluding carboxylic acids is 1. The van der Waals surface area contributed by atoms with Crippen molar-refractivity contribution in [2.75, 3.05) is 10.6 Å². The van der Waals surface area contributed by atoms with Crippen molar-refractivity contribution in [3.8, 4) is 6.07 Å². The second kappa shape index (κ2) is 10.5. The van der Waals surface area contributed by atoms with Gasteiger partial charge in [-0.05, 0) is 50.7 Å². The summed E-state index contributed by atoms with van der Waals surface area (Å²) in [6.07, 6.45) is 4.50. The van der Waals surface area contributed by atoms with Gasteiger partial charge >= 0.3 is 0 Å². The average Bonchev–Trinajstić information content (AvgIpc) is 3.24. The van der Waals surface area contributed by atoms with Crippen LogP contribution in [0.3, 0.4) is 0 Å². The van der Waals surface area contributed by atoms with Crippen molar-refractivity contribution in [2.45, 2.75) is 69.4 Å². The molecular formula is C25H26Cl2F2N8O. The number of anilines is 3. The van der Waals surface area contributed by atoms with E-state index in [4.69, 9.17) is 38.9 Å². The van der Waals surface area contributed by atoms with Gasteiger partial charge in [-0.3, -0.25) is 9.36 Å². The fourth-order valence-corrected chi connectivity index (χ4v) is 5.83. The molecule has 2 aliphatic carbocycles. The molecule has 5 rings (SSSR count). The summed E-state index contributed by atoms with van der Waals surface area (Å²) in [7, 11) is 0. The molecule has 0 unspecified atom stereocenters. The first kappa shape index (κ1) is 26.4. The zero-order chi connectivity index (χ0) is 27.0. The summed E-state index contributed by atoms with van der Waals surface area (Å²) in [6.45, 7) is 0. The average molecular weight is 563 g/mol. The molecule has 0 saturated heterocycles. The van der Waals surface area contributed by atoms with Crippen LogP contribution in [0.4, 0.5) is 26.4 Å². The number of nitrogens with one attached hydrogen (secondary N) is 2. The summed E-state index contributed by atoms with van der Waals surface area (Å²) in [5.41, 5.74) is 7.33. The van der Waals surface area contributed by atoms with Gasteiger partial charge in [0.25, 0.3) is 0 Å². The zero-order valence-electron chi connectivity index (χ0n) is 20.4. The van der Waals surface area contributed by atoms with Crippen molar-refractivity contribution in [1.82, 2.24) is 19.5 Å². The molecule has 2 heterocycles. The molecule has 2 aromatic heterocycles. The normalized spacial score (nSPS) is 21.7. The minimum Gasteiger partial charge on any atom is -0.369 e. The molecule has 4 N–H and O–H groups in total. The van der Waals surface area contributed by atoms with Gasteiger partial charge in [0.2, 0.25) is 23.7 Å². The molecule has 0 bridgehead atoms. The number of imidazole rings is 1. The van der Waals surface area contributed by atoms with Gasteiger partial charge in [-0.15, -0.1) is 0 Å². The number of aromatic nitrogens is 4. The number of nitrogens with two attached hydrogens (primary N) is 1. The number of alkyl halides is 2. The van der Waals surface area contributed by atoms with Crippen molar-refractivity contribution < 1.29 is 13.6 Å². The van der Waals surface area contributed by atoms with Crippen molar-refractivity contribution >= 4 is 57.9 Å². The van der Waals surface area contributed by atoms with Gasteiger partial charge in [0, 0.05) is 30.8 Å². The fraction of sp³-hybridized carbons (Fsp3) is 0.480. The Bertz CT molecular complexity index is 1380. The van der Waals surface area contributed by atoms with E-state index in [0.29, 0.717) is 72.8 Å². The van der Waals surface area contributed by atoms with Crippen LogP contribution in [0.2, 0.25) is 10.0 Å². The minimum atomic E-state index is -2.63. The molecule has 0 radical (unpaired) electrons. The number of carbonyl (C=O) groups is 1. The van der Waals surface area contributed by atoms with E-state index in [1.165, 1.54) is 12.1 Å². The monoisotopic (exact) mass is 562 g/mol. The van der Waals surface area contributed by atoms with E-state index in [9.17, 15) is 18.8 Å². The number of amides is 1. The van der Waals surface area contributed by atoms with Crippen LogP contribution in [-0.2, 0) is 4.79 Å². The number of nitriles is 1. The summed E-state index contributed by atoms with van der Waals surface area (Å²) >= 11 is 12.9. The molecule has 1 amide bonds. The van der Waals surface area contributed by atoms with Crippen molar-refractivity contribution in [2.24, 2.45) is 11.7 Å². The van der Waals surface area contributed by atoms with Crippen LogP contribution < -0.4 is 16.4 Å². The molecule has 200 valence electrons. The summed E-state index contributed by atoms with van der Waals surface area (Å²) in [5.74, 6) is -2.35. The van der Waals surface area contributed by atoms with Gasteiger partial charge in [0.1, 0.15) is 5.52 Å². The van der Waals surface area contributed by atoms with Crippen LogP contribution in [-0.4, -0.2) is 37.4 Å². The maximum absolute atomic E-state index is 13.6. The number of nitrogens with zero attached hydrogens (tertiary/aromatic N) is 5. The Kier molecular flexibility index (Phi) is 7.29. The predicted octanol–water partition coefficient (Wildman–Crippen LogP) is 5.95. The topological polar surface area (TPSA) is 135 Å². The largest absolute Gasteiger partial charge is 0.369 e. The second-order valence-corrected chi connectivity index (χ2v) is 10.8. The Balaban J connectivity index is 1.50. The lowest BCUT2D eigenvalue weighted by atomic mass is 9.85. The van der Waals surface area contributed by atoms with Crippen LogP contribution in [0.1, 0.15) is 63.0 Å². The van der Waals surface area contributed by atoms with Gasteiger partial charge in [0.05, 0.1) is 33.6 Å². The maximum Gasteiger partial charge on any atom is 0.248 e.